The molecule has 14 heteroatoms. The van der Waals surface area contributed by atoms with Crippen molar-refractivity contribution in [2.24, 2.45) is 0 Å². The summed E-state index contributed by atoms with van der Waals surface area (Å²) in [4.78, 5) is 0. The number of rotatable bonds is 5. The molecule has 0 aromatic heterocycles. The molecule has 14 heavy (non-hydrogen) atoms. The summed E-state index contributed by atoms with van der Waals surface area (Å²) in [5, 5.41) is 0. The monoisotopic (exact) mass is 190 g/mol. The first-order valence-electron chi connectivity index (χ1n) is 6.06. The largest absolute Gasteiger partial charge is 0.250 e. The fourth-order valence-corrected chi connectivity index (χ4v) is 6.69. The highest BCUT2D eigenvalue weighted by atomic mass is 31.1. The Bertz CT molecular complexity index is 113. The van der Waals surface area contributed by atoms with Crippen LogP contribution in [0.3, 0.4) is 0 Å². The summed E-state index contributed by atoms with van der Waals surface area (Å²) in [6, 6.07) is 0. The van der Waals surface area contributed by atoms with Gasteiger partial charge in [-0.05, 0) is 0 Å². The maximum Gasteiger partial charge on any atom is 0.0726 e. The molecule has 0 fully saturated rings. The zero-order valence-corrected chi connectivity index (χ0v) is 12.2. The van der Waals surface area contributed by atoms with Gasteiger partial charge < -0.3 is 0 Å². The Morgan fingerprint density at radius 2 is 0.857 bits per heavy atom. The lowest BCUT2D eigenvalue weighted by Crippen LogP contribution is -2.55. The van der Waals surface area contributed by atoms with Crippen LogP contribution in [0.2, 0.25) is 0 Å². The summed E-state index contributed by atoms with van der Waals surface area (Å²) < 4.78 is 0. The van der Waals surface area contributed by atoms with Crippen molar-refractivity contribution in [3.63, 3.8) is 0 Å². The standard InChI is InChI=1S/B13H16P/c1-9(2)13(10(3)4)14(11(5)6)12(7)8/h1-8H2. The van der Waals surface area contributed by atoms with Crippen LogP contribution in [0.4, 0.5) is 0 Å². The third-order valence-electron chi connectivity index (χ3n) is 2.90. The van der Waals surface area contributed by atoms with Gasteiger partial charge in [-0.3, -0.25) is 0 Å². The van der Waals surface area contributed by atoms with Crippen LogP contribution in [0.25, 0.3) is 0 Å². The molecule has 0 rings (SSSR count). The second kappa shape index (κ2) is 6.77. The Hall–Kier alpha value is 1.27. The summed E-state index contributed by atoms with van der Waals surface area (Å²) >= 11 is 0. The molecule has 0 spiro atoms. The molecule has 0 heterocycles. The van der Waals surface area contributed by atoms with Crippen LogP contribution in [0, 0.1) is 0 Å². The van der Waals surface area contributed by atoms with Gasteiger partial charge in [0.2, 0.25) is 0 Å². The first kappa shape index (κ1) is 15.3. The van der Waals surface area contributed by atoms with Gasteiger partial charge in [0, 0.05) is 12.8 Å². The highest BCUT2D eigenvalue weighted by Crippen LogP contribution is 2.40. The van der Waals surface area contributed by atoms with E-state index in [-0.39, 0.29) is 7.56 Å². The molecule has 60 valence electrons. The van der Waals surface area contributed by atoms with Gasteiger partial charge in [-0.15, -0.1) is 0 Å². The van der Waals surface area contributed by atoms with Crippen molar-refractivity contribution in [3.8, 4) is 0 Å². The minimum absolute atomic E-state index is 0.179. The Morgan fingerprint density at radius 3 is 0.929 bits per heavy atom. The molecule has 0 saturated carbocycles. The maximum absolute atomic E-state index is 2.41. The van der Waals surface area contributed by atoms with E-state index in [1.807, 2.05) is 0 Å². The second-order valence-corrected chi connectivity index (χ2v) is 9.17. The molecule has 0 aromatic carbocycles. The van der Waals surface area contributed by atoms with Crippen LogP contribution in [-0.4, -0.2) is 93.3 Å². The molecule has 0 aromatic rings. The Balaban J connectivity index is 4.74. The molecule has 0 aliphatic carbocycles. The van der Waals surface area contributed by atoms with Gasteiger partial charge in [-0.1, -0.05) is 0 Å². The van der Waals surface area contributed by atoms with Crippen LogP contribution >= 0.6 is 7.56 Å². The highest BCUT2D eigenvalue weighted by molar-refractivity contribution is 8.50. The van der Waals surface area contributed by atoms with E-state index in [0.717, 1.165) is 31.4 Å². The minimum Gasteiger partial charge on any atom is -0.250 e. The molecule has 0 amide bonds. The summed E-state index contributed by atoms with van der Waals surface area (Å²) in [6.45, 7) is 0. The molecule has 0 nitrogen and oxygen atoms in total. The predicted molar refractivity (Wildman–Crippen MR) is 104 cm³/mol. The molecule has 0 bridgehead atoms. The third-order valence-corrected chi connectivity index (χ3v) is 7.17. The quantitative estimate of drug-likeness (QED) is 0.296. The van der Waals surface area contributed by atoms with E-state index >= 15 is 0 Å². The van der Waals surface area contributed by atoms with E-state index in [4.69, 9.17) is 0 Å². The summed E-state index contributed by atoms with van der Waals surface area (Å²) in [7, 11) is 19.4. The zero-order valence-electron chi connectivity index (χ0n) is 11.3. The second-order valence-electron chi connectivity index (χ2n) is 5.61. The van der Waals surface area contributed by atoms with Crippen molar-refractivity contribution in [1.82, 2.24) is 0 Å². The van der Waals surface area contributed by atoms with Gasteiger partial charge in [-0.25, -0.2) is 7.56 Å². The van der Waals surface area contributed by atoms with E-state index in [1.165, 1.54) is 0 Å². The smallest absolute Gasteiger partial charge is 0.0726 e. The fraction of sp³-hybridized carbons (Fsp3) is 0. The molecule has 0 aliphatic rings. The van der Waals surface area contributed by atoms with Crippen molar-refractivity contribution in [2.75, 3.05) is 0 Å². The van der Waals surface area contributed by atoms with Gasteiger partial charge in [0.1, 0.15) is 0 Å². The van der Waals surface area contributed by atoms with E-state index < -0.39 is 0 Å². The van der Waals surface area contributed by atoms with Crippen molar-refractivity contribution >= 4 is 101 Å². The highest BCUT2D eigenvalue weighted by Gasteiger charge is 2.34. The molecular weight excluding hydrogens is 172 g/mol. The molecule has 0 aliphatic heterocycles. The first-order valence-corrected chi connectivity index (χ1v) is 7.61. The predicted octanol–water partition coefficient (Wildman–Crippen LogP) is -8.37. The Kier molecular flexibility index (Phi) is 7.39. The lowest BCUT2D eigenvalue weighted by Gasteiger charge is -2.36. The number of hydrogen-bond donors (Lipinski definition) is 0. The summed E-state index contributed by atoms with van der Waals surface area (Å²) in [5.74, 6) is 0. The van der Waals surface area contributed by atoms with Crippen molar-refractivity contribution < 1.29 is 0 Å². The van der Waals surface area contributed by atoms with Crippen LogP contribution in [0.15, 0.2) is 0 Å². The average Bonchev–Trinajstić information content (AvgIpc) is 1.96. The molecule has 0 atom stereocenters. The van der Waals surface area contributed by atoms with Crippen molar-refractivity contribution in [2.45, 2.75) is 0 Å². The van der Waals surface area contributed by atoms with Crippen LogP contribution in [-0.2, 0) is 0 Å². The Morgan fingerprint density at radius 1 is 0.571 bits per heavy atom. The van der Waals surface area contributed by atoms with Gasteiger partial charge in [0.25, 0.3) is 0 Å². The van der Waals surface area contributed by atoms with Gasteiger partial charge >= 0.3 is 0 Å². The normalized spacial score (nSPS) is 9.50. The summed E-state index contributed by atoms with van der Waals surface area (Å²) in [6.07, 6.45) is 4.36. The van der Waals surface area contributed by atoms with Gasteiger partial charge in [0.15, 0.2) is 0 Å². The fourth-order valence-electron chi connectivity index (χ4n) is 2.74. The van der Waals surface area contributed by atoms with E-state index in [2.05, 4.69) is 61.9 Å². The third kappa shape index (κ3) is 4.42. The van der Waals surface area contributed by atoms with Crippen LogP contribution in [0.5, 0.6) is 0 Å². The minimum atomic E-state index is 0.179. The van der Waals surface area contributed by atoms with Gasteiger partial charge in [-0.2, -0.15) is 0 Å². The lowest BCUT2D eigenvalue weighted by molar-refractivity contribution is 3.58. The Labute approximate surface area is 101 Å². The summed E-state index contributed by atoms with van der Waals surface area (Å²) in [5.41, 5.74) is 0. The average molecular weight is 188 g/mol. The topological polar surface area (TPSA) is 0 Å². The maximum atomic E-state index is 2.41. The van der Waals surface area contributed by atoms with Crippen molar-refractivity contribution in [1.29, 1.82) is 0 Å². The zero-order chi connectivity index (χ0) is 11.5. The van der Waals surface area contributed by atoms with Crippen molar-refractivity contribution in [3.05, 3.63) is 0 Å². The number of hydrogen-bond acceptors (Lipinski definition) is 0. The molecule has 0 unspecified atom stereocenters. The van der Waals surface area contributed by atoms with E-state index in [1.54, 1.807) is 0 Å². The van der Waals surface area contributed by atoms with Crippen LogP contribution < -0.4 is 0 Å². The van der Waals surface area contributed by atoms with Gasteiger partial charge in [0.05, 0.1) is 80.5 Å². The molecule has 0 saturated heterocycles. The lowest BCUT2D eigenvalue weighted by atomic mass is 8.80. The molecular formula is H16B13P. The van der Waals surface area contributed by atoms with E-state index in [9.17, 15) is 0 Å². The SMILES string of the molecule is BB(B)B(B(B)B)P(B(B)B)B(B)B. The molecule has 0 radical (unpaired) electrons. The van der Waals surface area contributed by atoms with Crippen LogP contribution in [0.1, 0.15) is 0 Å². The first-order chi connectivity index (χ1) is 6.29. The molecule has 0 N–H and O–H groups in total. The van der Waals surface area contributed by atoms with E-state index in [0.29, 0.717) is 0 Å².